The van der Waals surface area contributed by atoms with Gasteiger partial charge >= 0.3 is 0 Å². The first-order valence-electron chi connectivity index (χ1n) is 7.42. The van der Waals surface area contributed by atoms with E-state index in [2.05, 4.69) is 15.2 Å². The number of anilines is 2. The number of benzene rings is 1. The van der Waals surface area contributed by atoms with Gasteiger partial charge in [-0.25, -0.2) is 0 Å². The number of carbonyl (C=O) groups excluding carboxylic acids is 1. The molecule has 0 atom stereocenters. The van der Waals surface area contributed by atoms with E-state index in [1.807, 2.05) is 18.2 Å². The normalized spacial score (nSPS) is 14.0. The third kappa shape index (κ3) is 3.03. The number of nitrogens with zero attached hydrogens (tertiary/aromatic N) is 2. The third-order valence-electron chi connectivity index (χ3n) is 3.82. The van der Waals surface area contributed by atoms with E-state index in [1.165, 1.54) is 12.8 Å². The molecule has 2 aromatic rings. The van der Waals surface area contributed by atoms with Crippen molar-refractivity contribution in [1.82, 2.24) is 4.98 Å². The second-order valence-corrected chi connectivity index (χ2v) is 5.27. The van der Waals surface area contributed by atoms with E-state index in [-0.39, 0.29) is 5.91 Å². The number of carbonyl (C=O) groups is 1. The number of hydrogen-bond acceptors (Lipinski definition) is 4. The Balaban J connectivity index is 1.88. The van der Waals surface area contributed by atoms with Crippen LogP contribution < -0.4 is 15.0 Å². The fourth-order valence-electron chi connectivity index (χ4n) is 2.67. The van der Waals surface area contributed by atoms with Crippen molar-refractivity contribution in [3.8, 4) is 5.75 Å². The van der Waals surface area contributed by atoms with Crippen LogP contribution in [-0.4, -0.2) is 31.1 Å². The molecule has 5 heteroatoms. The van der Waals surface area contributed by atoms with Crippen molar-refractivity contribution in [2.24, 2.45) is 0 Å². The van der Waals surface area contributed by atoms with Gasteiger partial charge in [0.1, 0.15) is 5.75 Å². The number of aromatic nitrogens is 1. The molecule has 114 valence electrons. The van der Waals surface area contributed by atoms with Crippen LogP contribution in [0.3, 0.4) is 0 Å². The van der Waals surface area contributed by atoms with Crippen LogP contribution in [0, 0.1) is 0 Å². The van der Waals surface area contributed by atoms with Gasteiger partial charge in [-0.3, -0.25) is 9.78 Å². The molecule has 1 saturated heterocycles. The number of rotatable bonds is 4. The highest BCUT2D eigenvalue weighted by molar-refractivity contribution is 6.05. The summed E-state index contributed by atoms with van der Waals surface area (Å²) in [5.74, 6) is 0.561. The maximum absolute atomic E-state index is 12.4. The van der Waals surface area contributed by atoms with Crippen molar-refractivity contribution in [2.75, 3.05) is 30.4 Å². The van der Waals surface area contributed by atoms with Crippen molar-refractivity contribution in [3.63, 3.8) is 0 Å². The van der Waals surface area contributed by atoms with Gasteiger partial charge in [0.15, 0.2) is 0 Å². The maximum Gasteiger partial charge on any atom is 0.257 e. The van der Waals surface area contributed by atoms with E-state index in [1.54, 1.807) is 31.6 Å². The molecule has 22 heavy (non-hydrogen) atoms. The Kier molecular flexibility index (Phi) is 4.23. The Morgan fingerprint density at radius 2 is 2.09 bits per heavy atom. The molecule has 1 amide bonds. The molecule has 1 fully saturated rings. The molecule has 0 aliphatic carbocycles. The van der Waals surface area contributed by atoms with Gasteiger partial charge in [0.05, 0.1) is 24.0 Å². The molecule has 1 N–H and O–H groups in total. The topological polar surface area (TPSA) is 54.5 Å². The largest absolute Gasteiger partial charge is 0.497 e. The van der Waals surface area contributed by atoms with E-state index in [9.17, 15) is 4.79 Å². The van der Waals surface area contributed by atoms with E-state index in [4.69, 9.17) is 4.74 Å². The number of ether oxygens (including phenoxy) is 1. The molecule has 5 nitrogen and oxygen atoms in total. The fraction of sp³-hybridized carbons (Fsp3) is 0.294. The van der Waals surface area contributed by atoms with Crippen molar-refractivity contribution in [2.45, 2.75) is 12.8 Å². The lowest BCUT2D eigenvalue weighted by molar-refractivity contribution is 0.102. The molecule has 1 aliphatic heterocycles. The van der Waals surface area contributed by atoms with Crippen LogP contribution in [0.15, 0.2) is 42.7 Å². The van der Waals surface area contributed by atoms with Gasteiger partial charge in [0.2, 0.25) is 0 Å². The van der Waals surface area contributed by atoms with Gasteiger partial charge < -0.3 is 15.0 Å². The maximum atomic E-state index is 12.4. The summed E-state index contributed by atoms with van der Waals surface area (Å²) in [6, 6.07) is 9.29. The first kappa shape index (κ1) is 14.4. The summed E-state index contributed by atoms with van der Waals surface area (Å²) in [6.07, 6.45) is 5.58. The predicted molar refractivity (Wildman–Crippen MR) is 86.6 cm³/mol. The zero-order valence-electron chi connectivity index (χ0n) is 12.6. The van der Waals surface area contributed by atoms with Gasteiger partial charge in [0.25, 0.3) is 5.91 Å². The van der Waals surface area contributed by atoms with E-state index in [0.29, 0.717) is 5.56 Å². The lowest BCUT2D eigenvalue weighted by Crippen LogP contribution is -2.21. The Morgan fingerprint density at radius 3 is 2.77 bits per heavy atom. The molecular weight excluding hydrogens is 278 g/mol. The monoisotopic (exact) mass is 297 g/mol. The van der Waals surface area contributed by atoms with Crippen LogP contribution in [0.2, 0.25) is 0 Å². The molecule has 3 rings (SSSR count). The Morgan fingerprint density at radius 1 is 1.27 bits per heavy atom. The molecule has 0 radical (unpaired) electrons. The molecule has 1 aromatic heterocycles. The van der Waals surface area contributed by atoms with E-state index in [0.717, 1.165) is 30.2 Å². The van der Waals surface area contributed by atoms with Gasteiger partial charge in [-0.15, -0.1) is 0 Å². The highest BCUT2D eigenvalue weighted by atomic mass is 16.5. The first-order valence-corrected chi connectivity index (χ1v) is 7.42. The summed E-state index contributed by atoms with van der Waals surface area (Å²) < 4.78 is 5.28. The fourth-order valence-corrected chi connectivity index (χ4v) is 2.67. The van der Waals surface area contributed by atoms with Crippen LogP contribution >= 0.6 is 0 Å². The average Bonchev–Trinajstić information content (AvgIpc) is 3.10. The van der Waals surface area contributed by atoms with Gasteiger partial charge in [-0.05, 0) is 37.1 Å². The zero-order valence-corrected chi connectivity index (χ0v) is 12.6. The Bertz CT molecular complexity index is 652. The average molecular weight is 297 g/mol. The Labute approximate surface area is 129 Å². The molecule has 2 heterocycles. The highest BCUT2D eigenvalue weighted by Gasteiger charge is 2.18. The number of hydrogen-bond donors (Lipinski definition) is 1. The van der Waals surface area contributed by atoms with Crippen LogP contribution in [-0.2, 0) is 0 Å². The predicted octanol–water partition coefficient (Wildman–Crippen LogP) is 2.94. The summed E-state index contributed by atoms with van der Waals surface area (Å²) in [5.41, 5.74) is 2.35. The minimum absolute atomic E-state index is 0.165. The van der Waals surface area contributed by atoms with Crippen molar-refractivity contribution in [3.05, 3.63) is 48.3 Å². The highest BCUT2D eigenvalue weighted by Crippen LogP contribution is 2.32. The molecule has 0 bridgehead atoms. The number of nitrogens with one attached hydrogen (secondary N) is 1. The number of amides is 1. The summed E-state index contributed by atoms with van der Waals surface area (Å²) >= 11 is 0. The quantitative estimate of drug-likeness (QED) is 0.942. The van der Waals surface area contributed by atoms with Gasteiger partial charge in [0, 0.05) is 31.5 Å². The van der Waals surface area contributed by atoms with E-state index >= 15 is 0 Å². The molecule has 0 spiro atoms. The van der Waals surface area contributed by atoms with Gasteiger partial charge in [-0.1, -0.05) is 0 Å². The summed E-state index contributed by atoms with van der Waals surface area (Å²) in [4.78, 5) is 18.6. The van der Waals surface area contributed by atoms with Crippen LogP contribution in [0.25, 0.3) is 0 Å². The minimum atomic E-state index is -0.165. The third-order valence-corrected chi connectivity index (χ3v) is 3.82. The van der Waals surface area contributed by atoms with Crippen molar-refractivity contribution < 1.29 is 9.53 Å². The van der Waals surface area contributed by atoms with Crippen LogP contribution in [0.4, 0.5) is 11.4 Å². The molecule has 1 aromatic carbocycles. The number of methoxy groups -OCH3 is 1. The second kappa shape index (κ2) is 6.47. The van der Waals surface area contributed by atoms with Crippen LogP contribution in [0.5, 0.6) is 5.75 Å². The first-order chi connectivity index (χ1) is 10.8. The van der Waals surface area contributed by atoms with E-state index < -0.39 is 0 Å². The Hall–Kier alpha value is -2.56. The second-order valence-electron chi connectivity index (χ2n) is 5.27. The molecule has 0 saturated carbocycles. The lowest BCUT2D eigenvalue weighted by atomic mass is 10.2. The lowest BCUT2D eigenvalue weighted by Gasteiger charge is -2.22. The smallest absolute Gasteiger partial charge is 0.257 e. The molecular formula is C17H19N3O2. The molecule has 1 aliphatic rings. The van der Waals surface area contributed by atoms with Crippen molar-refractivity contribution >= 4 is 17.3 Å². The summed E-state index contributed by atoms with van der Waals surface area (Å²) in [7, 11) is 1.62. The zero-order chi connectivity index (χ0) is 15.4. The van der Waals surface area contributed by atoms with Crippen molar-refractivity contribution in [1.29, 1.82) is 0 Å². The standard InChI is InChI=1S/C17H19N3O2/c1-22-14-6-7-16(20-9-2-3-10-20)15(11-14)19-17(21)13-5-4-8-18-12-13/h4-8,11-12H,2-3,9-10H2,1H3,(H,19,21). The summed E-state index contributed by atoms with van der Waals surface area (Å²) in [6.45, 7) is 2.03. The SMILES string of the molecule is COc1ccc(N2CCCC2)c(NC(=O)c2cccnc2)c1. The molecule has 0 unspecified atom stereocenters. The summed E-state index contributed by atoms with van der Waals surface area (Å²) in [5, 5.41) is 2.98. The minimum Gasteiger partial charge on any atom is -0.497 e. The van der Waals surface area contributed by atoms with Crippen LogP contribution in [0.1, 0.15) is 23.2 Å². The van der Waals surface area contributed by atoms with Gasteiger partial charge in [-0.2, -0.15) is 0 Å². The number of pyridine rings is 1.